The van der Waals surface area contributed by atoms with Gasteiger partial charge in [0.15, 0.2) is 5.75 Å². The highest BCUT2D eigenvalue weighted by molar-refractivity contribution is 6.01. The van der Waals surface area contributed by atoms with Crippen molar-refractivity contribution in [3.63, 3.8) is 0 Å². The number of carbonyl (C=O) groups excluding carboxylic acids is 2. The lowest BCUT2D eigenvalue weighted by Gasteiger charge is -2.12. The number of phenolic OH excluding ortho intramolecular Hbond substituents is 1. The Morgan fingerprint density at radius 3 is 2.38 bits per heavy atom. The fourth-order valence-corrected chi connectivity index (χ4v) is 1.33. The number of alkyl halides is 3. The van der Waals surface area contributed by atoms with Gasteiger partial charge in [0.25, 0.3) is 5.91 Å². The van der Waals surface area contributed by atoms with Gasteiger partial charge in [-0.25, -0.2) is 4.39 Å². The molecular weight excluding hydrogens is 300 g/mol. The second-order valence-corrected chi connectivity index (χ2v) is 3.85. The second-order valence-electron chi connectivity index (χ2n) is 3.85. The predicted molar refractivity (Wildman–Crippen MR) is 62.2 cm³/mol. The molecular formula is C11H10F4N2O4. The molecule has 0 unspecified atom stereocenters. The Morgan fingerprint density at radius 2 is 1.86 bits per heavy atom. The number of phenols is 1. The molecule has 6 nitrogen and oxygen atoms in total. The van der Waals surface area contributed by atoms with Crippen LogP contribution in [0.4, 0.5) is 23.2 Å². The number of aromatic hydroxyl groups is 1. The first kappa shape index (κ1) is 16.7. The summed E-state index contributed by atoms with van der Waals surface area (Å²) in [6, 6.07) is 1.15. The lowest BCUT2D eigenvalue weighted by molar-refractivity contribution is -0.123. The lowest BCUT2D eigenvalue weighted by atomic mass is 10.1. The van der Waals surface area contributed by atoms with Gasteiger partial charge in [-0.2, -0.15) is 13.2 Å². The van der Waals surface area contributed by atoms with Gasteiger partial charge in [-0.3, -0.25) is 9.59 Å². The van der Waals surface area contributed by atoms with Crippen molar-refractivity contribution in [2.45, 2.75) is 6.18 Å². The highest BCUT2D eigenvalue weighted by atomic mass is 19.4. The van der Waals surface area contributed by atoms with Crippen LogP contribution in [0.1, 0.15) is 10.4 Å². The Labute approximate surface area is 115 Å². The number of aliphatic hydroxyl groups excluding tert-OH is 1. The lowest BCUT2D eigenvalue weighted by Crippen LogP contribution is -2.33. The number of nitrogens with one attached hydrogen (secondary N) is 2. The van der Waals surface area contributed by atoms with Gasteiger partial charge in [0, 0.05) is 6.07 Å². The van der Waals surface area contributed by atoms with Crippen molar-refractivity contribution in [1.29, 1.82) is 0 Å². The number of anilines is 1. The van der Waals surface area contributed by atoms with E-state index in [9.17, 15) is 32.3 Å². The first-order valence-electron chi connectivity index (χ1n) is 5.42. The Morgan fingerprint density at radius 1 is 1.24 bits per heavy atom. The predicted octanol–water partition coefficient (Wildman–Crippen LogP) is 0.754. The van der Waals surface area contributed by atoms with Crippen LogP contribution in [-0.2, 0) is 4.79 Å². The summed E-state index contributed by atoms with van der Waals surface area (Å²) in [6.07, 6.45) is -4.67. The number of benzene rings is 1. The molecule has 1 aromatic carbocycles. The van der Waals surface area contributed by atoms with Gasteiger partial charge in [-0.15, -0.1) is 0 Å². The highest BCUT2D eigenvalue weighted by Crippen LogP contribution is 2.29. The first-order valence-corrected chi connectivity index (χ1v) is 5.42. The van der Waals surface area contributed by atoms with Crippen molar-refractivity contribution in [1.82, 2.24) is 5.32 Å². The highest BCUT2D eigenvalue weighted by Gasteiger charge is 2.29. The molecule has 0 radical (unpaired) electrons. The number of hydrogen-bond donors (Lipinski definition) is 4. The summed E-state index contributed by atoms with van der Waals surface area (Å²) < 4.78 is 49.2. The SMILES string of the molecule is O=C(CO)Nc1cc(F)cc(C(=O)NCC(F)(F)F)c1O. The second kappa shape index (κ2) is 6.39. The van der Waals surface area contributed by atoms with E-state index in [1.54, 1.807) is 0 Å². The molecule has 0 saturated heterocycles. The summed E-state index contributed by atoms with van der Waals surface area (Å²) in [5, 5.41) is 21.5. The van der Waals surface area contributed by atoms with Crippen molar-refractivity contribution in [3.05, 3.63) is 23.5 Å². The Kier molecular flexibility index (Phi) is 5.08. The Hall–Kier alpha value is -2.36. The van der Waals surface area contributed by atoms with Crippen LogP contribution in [0, 0.1) is 5.82 Å². The Balaban J connectivity index is 3.02. The van der Waals surface area contributed by atoms with E-state index in [-0.39, 0.29) is 0 Å². The van der Waals surface area contributed by atoms with Crippen molar-refractivity contribution < 1.29 is 37.4 Å². The van der Waals surface area contributed by atoms with Gasteiger partial charge in [0.1, 0.15) is 19.0 Å². The van der Waals surface area contributed by atoms with Crippen LogP contribution in [0.3, 0.4) is 0 Å². The van der Waals surface area contributed by atoms with Crippen LogP contribution in [-0.4, -0.2) is 41.4 Å². The van der Waals surface area contributed by atoms with Crippen LogP contribution < -0.4 is 10.6 Å². The average molecular weight is 310 g/mol. The molecule has 1 aromatic rings. The van der Waals surface area contributed by atoms with Gasteiger partial charge < -0.3 is 20.8 Å². The molecule has 0 fully saturated rings. The number of hydrogen-bond acceptors (Lipinski definition) is 4. The molecule has 2 amide bonds. The quantitative estimate of drug-likeness (QED) is 0.487. The molecule has 4 N–H and O–H groups in total. The molecule has 0 aliphatic rings. The number of carbonyl (C=O) groups is 2. The first-order chi connectivity index (χ1) is 9.64. The maximum Gasteiger partial charge on any atom is 0.405 e. The molecule has 116 valence electrons. The third-order valence-corrected chi connectivity index (χ3v) is 2.19. The van der Waals surface area contributed by atoms with E-state index in [4.69, 9.17) is 5.11 Å². The number of aliphatic hydroxyl groups is 1. The number of amides is 2. The molecule has 0 heterocycles. The normalized spacial score (nSPS) is 11.1. The van der Waals surface area contributed by atoms with Gasteiger partial charge >= 0.3 is 6.18 Å². The monoisotopic (exact) mass is 310 g/mol. The summed E-state index contributed by atoms with van der Waals surface area (Å²) in [5.74, 6) is -4.36. The van der Waals surface area contributed by atoms with E-state index in [2.05, 4.69) is 0 Å². The summed E-state index contributed by atoms with van der Waals surface area (Å²) in [6.45, 7) is -2.63. The van der Waals surface area contributed by atoms with Crippen LogP contribution in [0.2, 0.25) is 0 Å². The summed E-state index contributed by atoms with van der Waals surface area (Å²) in [4.78, 5) is 22.4. The minimum Gasteiger partial charge on any atom is -0.505 e. The minimum absolute atomic E-state index is 0.510. The maximum atomic E-state index is 13.3. The van der Waals surface area contributed by atoms with Gasteiger partial charge in [-0.05, 0) is 6.07 Å². The topological polar surface area (TPSA) is 98.7 Å². The number of halogens is 4. The molecule has 1 rings (SSSR count). The zero-order chi connectivity index (χ0) is 16.2. The zero-order valence-corrected chi connectivity index (χ0v) is 10.3. The molecule has 0 aromatic heterocycles. The fraction of sp³-hybridized carbons (Fsp3) is 0.273. The van der Waals surface area contributed by atoms with Crippen LogP contribution in [0.25, 0.3) is 0 Å². The molecule has 0 saturated carbocycles. The van der Waals surface area contributed by atoms with E-state index in [0.717, 1.165) is 0 Å². The summed E-state index contributed by atoms with van der Waals surface area (Å²) >= 11 is 0. The minimum atomic E-state index is -4.67. The van der Waals surface area contributed by atoms with E-state index >= 15 is 0 Å². The molecule has 0 bridgehead atoms. The molecule has 0 aliphatic heterocycles. The molecule has 0 atom stereocenters. The van der Waals surface area contributed by atoms with Crippen molar-refractivity contribution in [2.24, 2.45) is 0 Å². The van der Waals surface area contributed by atoms with Crippen molar-refractivity contribution in [2.75, 3.05) is 18.5 Å². The average Bonchev–Trinajstić information content (AvgIpc) is 2.38. The van der Waals surface area contributed by atoms with E-state index in [1.807, 2.05) is 5.32 Å². The van der Waals surface area contributed by atoms with Crippen LogP contribution in [0.15, 0.2) is 12.1 Å². The third kappa shape index (κ3) is 4.91. The van der Waals surface area contributed by atoms with Crippen LogP contribution >= 0.6 is 0 Å². The summed E-state index contributed by atoms with van der Waals surface area (Å²) in [5.41, 5.74) is -1.33. The molecule has 0 aliphatic carbocycles. The van der Waals surface area contributed by atoms with Crippen molar-refractivity contribution in [3.8, 4) is 5.75 Å². The van der Waals surface area contributed by atoms with E-state index in [1.165, 1.54) is 5.32 Å². The molecule has 21 heavy (non-hydrogen) atoms. The zero-order valence-electron chi connectivity index (χ0n) is 10.3. The third-order valence-electron chi connectivity index (χ3n) is 2.19. The maximum absolute atomic E-state index is 13.3. The van der Waals surface area contributed by atoms with E-state index in [0.29, 0.717) is 12.1 Å². The molecule has 0 spiro atoms. The van der Waals surface area contributed by atoms with Gasteiger partial charge in [0.05, 0.1) is 11.3 Å². The fourth-order valence-electron chi connectivity index (χ4n) is 1.33. The smallest absolute Gasteiger partial charge is 0.405 e. The largest absolute Gasteiger partial charge is 0.505 e. The summed E-state index contributed by atoms with van der Waals surface area (Å²) in [7, 11) is 0. The molecule has 10 heteroatoms. The Bertz CT molecular complexity index is 560. The van der Waals surface area contributed by atoms with Crippen LogP contribution in [0.5, 0.6) is 5.75 Å². The van der Waals surface area contributed by atoms with E-state index < -0.39 is 54.0 Å². The van der Waals surface area contributed by atoms with Gasteiger partial charge in [-0.1, -0.05) is 0 Å². The number of rotatable bonds is 4. The van der Waals surface area contributed by atoms with Crippen molar-refractivity contribution >= 4 is 17.5 Å². The standard InChI is InChI=1S/C11H10F4N2O4/c12-5-1-6(10(21)16-4-11(13,14)15)9(20)7(2-5)17-8(19)3-18/h1-2,18,20H,3-4H2,(H,16,21)(H,17,19). The van der Waals surface area contributed by atoms with Gasteiger partial charge in [0.2, 0.25) is 5.91 Å².